The number of hydrogen-bond acceptors (Lipinski definition) is 4. The molecular weight excluding hydrogens is 554 g/mol. The van der Waals surface area contributed by atoms with Crippen LogP contribution in [-0.4, -0.2) is 17.1 Å². The molecule has 1 fully saturated rings. The molecule has 0 bridgehead atoms. The highest BCUT2D eigenvalue weighted by molar-refractivity contribution is 6.42. The molecular formula is C28H22Cl2F3N3O3. The number of amides is 1. The number of nitrogens with one attached hydrogen (secondary N) is 2. The van der Waals surface area contributed by atoms with E-state index in [0.29, 0.717) is 21.2 Å². The van der Waals surface area contributed by atoms with Crippen LogP contribution < -0.4 is 15.7 Å². The Morgan fingerprint density at radius 1 is 1.10 bits per heavy atom. The molecule has 39 heavy (non-hydrogen) atoms. The number of aromatic nitrogens is 1. The van der Waals surface area contributed by atoms with E-state index in [2.05, 4.69) is 10.1 Å². The third-order valence-corrected chi connectivity index (χ3v) is 7.18. The van der Waals surface area contributed by atoms with Crippen LogP contribution >= 0.6 is 23.2 Å². The lowest BCUT2D eigenvalue weighted by Crippen LogP contribution is -2.30. The lowest BCUT2D eigenvalue weighted by Gasteiger charge is -2.20. The Morgan fingerprint density at radius 3 is 2.56 bits per heavy atom. The summed E-state index contributed by atoms with van der Waals surface area (Å²) >= 11 is 12.3. The molecule has 0 saturated heterocycles. The van der Waals surface area contributed by atoms with E-state index in [0.717, 1.165) is 30.5 Å². The Bertz CT molecular complexity index is 1580. The number of alkyl halides is 2. The summed E-state index contributed by atoms with van der Waals surface area (Å²) in [6, 6.07) is 13.1. The fourth-order valence-electron chi connectivity index (χ4n) is 4.46. The van der Waals surface area contributed by atoms with Crippen molar-refractivity contribution in [3.63, 3.8) is 0 Å². The van der Waals surface area contributed by atoms with E-state index in [9.17, 15) is 18.0 Å². The number of benzene rings is 3. The first-order valence-electron chi connectivity index (χ1n) is 12.0. The second-order valence-corrected chi connectivity index (χ2v) is 10.1. The van der Waals surface area contributed by atoms with Gasteiger partial charge < -0.3 is 14.5 Å². The molecule has 3 aromatic carbocycles. The number of oxazole rings is 1. The van der Waals surface area contributed by atoms with Crippen molar-refractivity contribution in [2.75, 3.05) is 0 Å². The Balaban J connectivity index is 1.54. The van der Waals surface area contributed by atoms with E-state index in [1.54, 1.807) is 30.5 Å². The third kappa shape index (κ3) is 6.32. The highest BCUT2D eigenvalue weighted by Gasteiger charge is 2.34. The summed E-state index contributed by atoms with van der Waals surface area (Å²) in [7, 11) is 0. The normalized spacial score (nSPS) is 13.9. The molecule has 2 N–H and O–H groups in total. The average molecular weight is 576 g/mol. The number of carbonyl (C=O) groups excluding carboxylic acids is 1. The van der Waals surface area contributed by atoms with Gasteiger partial charge in [0, 0.05) is 23.4 Å². The van der Waals surface area contributed by atoms with Gasteiger partial charge >= 0.3 is 6.61 Å². The first kappa shape index (κ1) is 26.9. The lowest BCUT2D eigenvalue weighted by atomic mass is 9.97. The van der Waals surface area contributed by atoms with E-state index in [4.69, 9.17) is 33.0 Å². The highest BCUT2D eigenvalue weighted by atomic mass is 35.5. The summed E-state index contributed by atoms with van der Waals surface area (Å²) in [6.45, 7) is -3.01. The lowest BCUT2D eigenvalue weighted by molar-refractivity contribution is -0.0496. The van der Waals surface area contributed by atoms with Crippen LogP contribution in [0.4, 0.5) is 13.2 Å². The molecule has 4 aromatic rings. The molecule has 1 amide bonds. The topological polar surface area (TPSA) is 80.2 Å². The number of hydrogen-bond donors (Lipinski definition) is 2. The summed E-state index contributed by atoms with van der Waals surface area (Å²) < 4.78 is 51.2. The Morgan fingerprint density at radius 2 is 1.90 bits per heavy atom. The van der Waals surface area contributed by atoms with Gasteiger partial charge in [-0.2, -0.15) is 8.78 Å². The van der Waals surface area contributed by atoms with Gasteiger partial charge in [0.25, 0.3) is 11.6 Å². The smallest absolute Gasteiger partial charge is 0.387 e. The Hall–Kier alpha value is -3.69. The number of ether oxygens (including phenoxy) is 1. The molecule has 1 aliphatic carbocycles. The van der Waals surface area contributed by atoms with Crippen LogP contribution in [0.3, 0.4) is 0 Å². The molecule has 1 aromatic heterocycles. The molecule has 0 aliphatic heterocycles. The van der Waals surface area contributed by atoms with Crippen molar-refractivity contribution in [2.24, 2.45) is 5.92 Å². The predicted molar refractivity (Wildman–Crippen MR) is 140 cm³/mol. The van der Waals surface area contributed by atoms with Gasteiger partial charge in [-0.15, -0.1) is 0 Å². The van der Waals surface area contributed by atoms with Crippen LogP contribution in [0.5, 0.6) is 5.75 Å². The number of halogens is 5. The molecule has 1 unspecified atom stereocenters. The van der Waals surface area contributed by atoms with E-state index >= 15 is 0 Å². The summed E-state index contributed by atoms with van der Waals surface area (Å²) in [4.78, 5) is 13.6. The van der Waals surface area contributed by atoms with Crippen molar-refractivity contribution >= 4 is 29.1 Å². The monoisotopic (exact) mass is 575 g/mol. The van der Waals surface area contributed by atoms with Crippen molar-refractivity contribution in [3.8, 4) is 16.9 Å². The van der Waals surface area contributed by atoms with E-state index in [-0.39, 0.29) is 41.1 Å². The summed E-state index contributed by atoms with van der Waals surface area (Å²) in [5.41, 5.74) is 2.08. The Labute approximate surface area is 231 Å². The minimum Gasteiger partial charge on any atom is -0.434 e. The van der Waals surface area contributed by atoms with Gasteiger partial charge in [0.05, 0.1) is 22.6 Å². The predicted octanol–water partition coefficient (Wildman–Crippen LogP) is 7.20. The SMILES string of the molecule is N=c1occn1Cc1cc(C(=O)NC(c2ccc(Cl)c(Cl)c2)C2CC2)cc(-c2ccc(F)cc2OC(F)F)c1. The average Bonchev–Trinajstić information content (AvgIpc) is 3.65. The second-order valence-electron chi connectivity index (χ2n) is 9.24. The van der Waals surface area contributed by atoms with Crippen molar-refractivity contribution < 1.29 is 27.1 Å². The molecule has 1 atom stereocenters. The molecule has 0 radical (unpaired) electrons. The zero-order valence-corrected chi connectivity index (χ0v) is 21.8. The van der Waals surface area contributed by atoms with Gasteiger partial charge in [-0.05, 0) is 77.9 Å². The summed E-state index contributed by atoms with van der Waals surface area (Å²) in [5, 5.41) is 11.8. The van der Waals surface area contributed by atoms with Gasteiger partial charge in [0.2, 0.25) is 0 Å². The van der Waals surface area contributed by atoms with Crippen LogP contribution in [0.2, 0.25) is 10.0 Å². The van der Waals surface area contributed by atoms with E-state index < -0.39 is 18.3 Å². The van der Waals surface area contributed by atoms with Crippen LogP contribution in [0.1, 0.15) is 40.4 Å². The van der Waals surface area contributed by atoms with Crippen molar-refractivity contribution in [3.05, 3.63) is 105 Å². The number of rotatable bonds is 9. The minimum atomic E-state index is -3.17. The fraction of sp³-hybridized carbons (Fsp3) is 0.214. The summed E-state index contributed by atoms with van der Waals surface area (Å²) in [6.07, 6.45) is 4.78. The molecule has 202 valence electrons. The standard InChI is InChI=1S/C28H22Cl2F3N3O3/c29-22-6-3-17(12-23(22)30)25(16-1-2-16)35-26(37)19-10-15(14-36-7-8-38-28(36)34)9-18(11-19)21-5-4-20(31)13-24(21)39-27(32)33/h3-13,16,25,27,34H,1-2,14H2,(H,35,37). The van der Waals surface area contributed by atoms with Crippen molar-refractivity contribution in [1.82, 2.24) is 9.88 Å². The zero-order valence-electron chi connectivity index (χ0n) is 20.3. The van der Waals surface area contributed by atoms with Gasteiger partial charge in [-0.25, -0.2) is 4.39 Å². The molecule has 11 heteroatoms. The fourth-order valence-corrected chi connectivity index (χ4v) is 4.76. The van der Waals surface area contributed by atoms with E-state index in [1.807, 2.05) is 6.07 Å². The van der Waals surface area contributed by atoms with Crippen LogP contribution in [0.15, 0.2) is 71.5 Å². The quantitative estimate of drug-likeness (QED) is 0.221. The molecule has 1 aliphatic rings. The van der Waals surface area contributed by atoms with Crippen LogP contribution in [0, 0.1) is 17.1 Å². The maximum atomic E-state index is 13.9. The molecule has 1 heterocycles. The van der Waals surface area contributed by atoms with Gasteiger partial charge in [-0.3, -0.25) is 14.8 Å². The highest BCUT2D eigenvalue weighted by Crippen LogP contribution is 2.42. The van der Waals surface area contributed by atoms with E-state index in [1.165, 1.54) is 23.0 Å². The van der Waals surface area contributed by atoms with Gasteiger partial charge in [-0.1, -0.05) is 29.3 Å². The molecule has 0 spiro atoms. The number of carbonyl (C=O) groups is 1. The maximum Gasteiger partial charge on any atom is 0.387 e. The Kier molecular flexibility index (Phi) is 7.72. The summed E-state index contributed by atoms with van der Waals surface area (Å²) in [5.74, 6) is -1.28. The molecule has 6 nitrogen and oxygen atoms in total. The number of nitrogens with zero attached hydrogens (tertiary/aromatic N) is 1. The zero-order chi connectivity index (χ0) is 27.7. The van der Waals surface area contributed by atoms with Gasteiger partial charge in [0.15, 0.2) is 0 Å². The first-order valence-corrected chi connectivity index (χ1v) is 12.8. The maximum absolute atomic E-state index is 13.9. The van der Waals surface area contributed by atoms with Crippen LogP contribution in [-0.2, 0) is 6.54 Å². The molecule has 1 saturated carbocycles. The molecule has 5 rings (SSSR count). The third-order valence-electron chi connectivity index (χ3n) is 6.44. The van der Waals surface area contributed by atoms with Crippen LogP contribution in [0.25, 0.3) is 11.1 Å². The van der Waals surface area contributed by atoms with Crippen molar-refractivity contribution in [1.29, 1.82) is 5.41 Å². The second kappa shape index (κ2) is 11.2. The van der Waals surface area contributed by atoms with Crippen molar-refractivity contribution in [2.45, 2.75) is 32.0 Å². The van der Waals surface area contributed by atoms with Gasteiger partial charge in [0.1, 0.15) is 17.8 Å². The first-order chi connectivity index (χ1) is 18.7. The largest absolute Gasteiger partial charge is 0.434 e. The minimum absolute atomic E-state index is 0.108.